The van der Waals surface area contributed by atoms with Crippen LogP contribution in [0.3, 0.4) is 0 Å². The van der Waals surface area contributed by atoms with Crippen LogP contribution < -0.4 is 0 Å². The number of hydrogen-bond acceptors (Lipinski definition) is 2. The van der Waals surface area contributed by atoms with Crippen molar-refractivity contribution < 1.29 is 4.79 Å². The molecule has 0 bridgehead atoms. The number of aromatic nitrogens is 2. The second-order valence-electron chi connectivity index (χ2n) is 4.21. The van der Waals surface area contributed by atoms with Crippen molar-refractivity contribution in [2.45, 2.75) is 0 Å². The number of pyridine rings is 1. The van der Waals surface area contributed by atoms with Gasteiger partial charge in [-0.25, -0.2) is 4.98 Å². The minimum Gasteiger partial charge on any atom is -0.345 e. The van der Waals surface area contributed by atoms with Crippen LogP contribution in [-0.2, 0) is 0 Å². The molecule has 0 aliphatic carbocycles. The van der Waals surface area contributed by atoms with E-state index in [0.29, 0.717) is 26.8 Å². The van der Waals surface area contributed by atoms with Crippen molar-refractivity contribution in [3.63, 3.8) is 0 Å². The Balaban J connectivity index is 2.15. The minimum atomic E-state index is -0.169. The summed E-state index contributed by atoms with van der Waals surface area (Å²) < 4.78 is 0.806. The van der Waals surface area contributed by atoms with Crippen LogP contribution in [0.25, 0.3) is 11.0 Å². The Hall–Kier alpha value is -1.36. The van der Waals surface area contributed by atoms with Crippen LogP contribution >= 0.6 is 39.1 Å². The van der Waals surface area contributed by atoms with Gasteiger partial charge in [0.25, 0.3) is 0 Å². The van der Waals surface area contributed by atoms with Crippen LogP contribution in [0.15, 0.2) is 41.1 Å². The zero-order valence-corrected chi connectivity index (χ0v) is 13.1. The van der Waals surface area contributed by atoms with Gasteiger partial charge >= 0.3 is 0 Å². The van der Waals surface area contributed by atoms with Gasteiger partial charge in [0.2, 0.25) is 0 Å². The molecule has 0 saturated carbocycles. The molecule has 0 spiro atoms. The summed E-state index contributed by atoms with van der Waals surface area (Å²) in [6.45, 7) is 0. The summed E-state index contributed by atoms with van der Waals surface area (Å²) in [4.78, 5) is 19.8. The van der Waals surface area contributed by atoms with Crippen LogP contribution in [0.1, 0.15) is 15.9 Å². The van der Waals surface area contributed by atoms with Crippen molar-refractivity contribution in [2.75, 3.05) is 0 Å². The van der Waals surface area contributed by atoms with Gasteiger partial charge in [0.05, 0.1) is 5.02 Å². The number of fused-ring (bicyclic) bond motifs is 1. The number of H-pyrrole nitrogens is 1. The third-order valence-electron chi connectivity index (χ3n) is 2.92. The predicted molar refractivity (Wildman–Crippen MR) is 83.7 cm³/mol. The third kappa shape index (κ3) is 2.35. The summed E-state index contributed by atoms with van der Waals surface area (Å²) >= 11 is 15.3. The summed E-state index contributed by atoms with van der Waals surface area (Å²) in [6, 6.07) is 6.66. The fourth-order valence-corrected chi connectivity index (χ4v) is 2.81. The monoisotopic (exact) mass is 368 g/mol. The lowest BCUT2D eigenvalue weighted by molar-refractivity contribution is 0.104. The fourth-order valence-electron chi connectivity index (χ4n) is 1.98. The van der Waals surface area contributed by atoms with Crippen LogP contribution in [0, 0.1) is 0 Å². The van der Waals surface area contributed by atoms with Gasteiger partial charge < -0.3 is 4.98 Å². The van der Waals surface area contributed by atoms with Crippen LogP contribution in [0.5, 0.6) is 0 Å². The molecule has 3 aromatic rings. The average Bonchev–Trinajstić information content (AvgIpc) is 2.81. The number of halogens is 3. The molecule has 2 aromatic heterocycles. The molecule has 2 heterocycles. The highest BCUT2D eigenvalue weighted by Gasteiger charge is 2.17. The van der Waals surface area contributed by atoms with Crippen LogP contribution in [-0.4, -0.2) is 15.8 Å². The Kier molecular flexibility index (Phi) is 3.54. The first-order chi connectivity index (χ1) is 9.56. The van der Waals surface area contributed by atoms with Crippen molar-refractivity contribution in [1.82, 2.24) is 9.97 Å². The number of nitrogens with zero attached hydrogens (tertiary/aromatic N) is 1. The van der Waals surface area contributed by atoms with E-state index < -0.39 is 0 Å². The molecule has 0 atom stereocenters. The highest BCUT2D eigenvalue weighted by molar-refractivity contribution is 9.10. The van der Waals surface area contributed by atoms with Crippen LogP contribution in [0.4, 0.5) is 0 Å². The maximum absolute atomic E-state index is 12.6. The van der Waals surface area contributed by atoms with Crippen molar-refractivity contribution in [2.24, 2.45) is 0 Å². The van der Waals surface area contributed by atoms with Crippen LogP contribution in [0.2, 0.25) is 10.0 Å². The Morgan fingerprint density at radius 2 is 2.00 bits per heavy atom. The third-order valence-corrected chi connectivity index (χ3v) is 3.90. The second-order valence-corrected chi connectivity index (χ2v) is 5.96. The number of aromatic amines is 1. The quantitative estimate of drug-likeness (QED) is 0.655. The molecule has 100 valence electrons. The first kappa shape index (κ1) is 13.6. The van der Waals surface area contributed by atoms with E-state index in [1.165, 1.54) is 0 Å². The zero-order chi connectivity index (χ0) is 14.3. The Labute approximate surface area is 133 Å². The second kappa shape index (κ2) is 5.20. The molecule has 0 saturated heterocycles. The molecule has 0 radical (unpaired) electrons. The molecule has 6 heteroatoms. The Morgan fingerprint density at radius 1 is 1.20 bits per heavy atom. The van der Waals surface area contributed by atoms with Gasteiger partial charge in [0, 0.05) is 38.4 Å². The van der Waals surface area contributed by atoms with E-state index >= 15 is 0 Å². The molecule has 0 fully saturated rings. The number of benzene rings is 1. The average molecular weight is 370 g/mol. The number of hydrogen-bond donors (Lipinski definition) is 1. The van der Waals surface area contributed by atoms with E-state index in [1.807, 2.05) is 6.07 Å². The van der Waals surface area contributed by atoms with E-state index in [2.05, 4.69) is 25.9 Å². The molecular formula is C14H7BrCl2N2O. The van der Waals surface area contributed by atoms with Crippen molar-refractivity contribution in [3.8, 4) is 0 Å². The molecule has 1 aromatic carbocycles. The van der Waals surface area contributed by atoms with Crippen molar-refractivity contribution in [3.05, 3.63) is 62.3 Å². The largest absolute Gasteiger partial charge is 0.345 e. The summed E-state index contributed by atoms with van der Waals surface area (Å²) in [5.74, 6) is -0.169. The summed E-state index contributed by atoms with van der Waals surface area (Å²) in [5.41, 5.74) is 1.59. The van der Waals surface area contributed by atoms with Gasteiger partial charge in [-0.2, -0.15) is 0 Å². The summed E-state index contributed by atoms with van der Waals surface area (Å²) in [6.07, 6.45) is 3.31. The number of nitrogens with one attached hydrogen (secondary N) is 1. The highest BCUT2D eigenvalue weighted by Crippen LogP contribution is 2.27. The number of ketones is 1. The number of carbonyl (C=O) groups is 1. The van der Waals surface area contributed by atoms with Gasteiger partial charge in [0.15, 0.2) is 5.78 Å². The molecule has 0 aliphatic heterocycles. The zero-order valence-electron chi connectivity index (χ0n) is 9.95. The van der Waals surface area contributed by atoms with E-state index in [4.69, 9.17) is 23.2 Å². The predicted octanol–water partition coefficient (Wildman–Crippen LogP) is 4.86. The van der Waals surface area contributed by atoms with Gasteiger partial charge in [-0.1, -0.05) is 23.2 Å². The molecule has 1 N–H and O–H groups in total. The fraction of sp³-hybridized carbons (Fsp3) is 0. The molecule has 3 nitrogen and oxygen atoms in total. The smallest absolute Gasteiger partial charge is 0.196 e. The van der Waals surface area contributed by atoms with Crippen molar-refractivity contribution in [1.29, 1.82) is 0 Å². The number of rotatable bonds is 2. The first-order valence-corrected chi connectivity index (χ1v) is 7.23. The molecule has 0 unspecified atom stereocenters. The normalized spacial score (nSPS) is 10.9. The van der Waals surface area contributed by atoms with Gasteiger partial charge in [-0.3, -0.25) is 4.79 Å². The molecular weight excluding hydrogens is 363 g/mol. The van der Waals surface area contributed by atoms with E-state index in [-0.39, 0.29) is 5.78 Å². The van der Waals surface area contributed by atoms with E-state index in [0.717, 1.165) is 9.86 Å². The lowest BCUT2D eigenvalue weighted by atomic mass is 10.0. The Bertz CT molecular complexity index is 829. The minimum absolute atomic E-state index is 0.169. The lowest BCUT2D eigenvalue weighted by Gasteiger charge is -2.03. The van der Waals surface area contributed by atoms with Gasteiger partial charge in [-0.15, -0.1) is 0 Å². The van der Waals surface area contributed by atoms with Crippen molar-refractivity contribution >= 4 is 55.9 Å². The maximum Gasteiger partial charge on any atom is 0.196 e. The van der Waals surface area contributed by atoms with Gasteiger partial charge in [0.1, 0.15) is 5.65 Å². The highest BCUT2D eigenvalue weighted by atomic mass is 79.9. The molecule has 20 heavy (non-hydrogen) atoms. The topological polar surface area (TPSA) is 45.8 Å². The standard InChI is InChI=1S/C14H7BrCl2N2O/c15-7-3-10-11(6-19-14(10)18-5-7)13(20)9-2-1-8(16)4-12(9)17/h1-6H,(H,18,19). The number of carbonyl (C=O) groups excluding carboxylic acids is 1. The maximum atomic E-state index is 12.6. The SMILES string of the molecule is O=C(c1ccc(Cl)cc1Cl)c1c[nH]c2ncc(Br)cc12. The molecule has 0 amide bonds. The van der Waals surface area contributed by atoms with E-state index in [1.54, 1.807) is 30.6 Å². The lowest BCUT2D eigenvalue weighted by Crippen LogP contribution is -2.01. The molecule has 3 rings (SSSR count). The van der Waals surface area contributed by atoms with E-state index in [9.17, 15) is 4.79 Å². The Morgan fingerprint density at radius 3 is 2.75 bits per heavy atom. The molecule has 0 aliphatic rings. The summed E-state index contributed by atoms with van der Waals surface area (Å²) in [5, 5.41) is 1.57. The summed E-state index contributed by atoms with van der Waals surface area (Å²) in [7, 11) is 0. The van der Waals surface area contributed by atoms with Gasteiger partial charge in [-0.05, 0) is 40.2 Å². The first-order valence-electron chi connectivity index (χ1n) is 5.68.